The molecule has 0 bridgehead atoms. The third-order valence-corrected chi connectivity index (χ3v) is 3.08. The fourth-order valence-corrected chi connectivity index (χ4v) is 2.13. The summed E-state index contributed by atoms with van der Waals surface area (Å²) in [5, 5.41) is 2.72. The summed E-state index contributed by atoms with van der Waals surface area (Å²) in [5.41, 5.74) is 1.96. The van der Waals surface area contributed by atoms with Gasteiger partial charge in [0.2, 0.25) is 0 Å². The standard InChI is InChI=1S/C13H8BrN3O3/c14-8-3-7(5-15-6-8)12(18)16-9-1-2-11-10(4-9)17-13(19)20-11/h1-6H,(H,16,18)(H,17,19). The molecule has 0 aliphatic carbocycles. The topological polar surface area (TPSA) is 88.0 Å². The van der Waals surface area contributed by atoms with Crippen LogP contribution >= 0.6 is 15.9 Å². The van der Waals surface area contributed by atoms with Gasteiger partial charge in [0.15, 0.2) is 5.58 Å². The number of anilines is 1. The Balaban J connectivity index is 1.88. The summed E-state index contributed by atoms with van der Waals surface area (Å²) in [4.78, 5) is 29.6. The molecule has 3 aromatic rings. The number of amides is 1. The van der Waals surface area contributed by atoms with Crippen LogP contribution in [0, 0.1) is 0 Å². The number of H-pyrrole nitrogens is 1. The van der Waals surface area contributed by atoms with Gasteiger partial charge in [-0.05, 0) is 40.2 Å². The van der Waals surface area contributed by atoms with Crippen LogP contribution in [0.3, 0.4) is 0 Å². The summed E-state index contributed by atoms with van der Waals surface area (Å²) >= 11 is 3.26. The molecular formula is C13H8BrN3O3. The van der Waals surface area contributed by atoms with Gasteiger partial charge in [-0.15, -0.1) is 0 Å². The zero-order valence-electron chi connectivity index (χ0n) is 10.0. The molecule has 0 radical (unpaired) electrons. The monoisotopic (exact) mass is 333 g/mol. The van der Waals surface area contributed by atoms with E-state index in [2.05, 4.69) is 31.2 Å². The van der Waals surface area contributed by atoms with Crippen LogP contribution in [0.1, 0.15) is 10.4 Å². The number of nitrogens with zero attached hydrogens (tertiary/aromatic N) is 1. The Bertz CT molecular complexity index is 853. The highest BCUT2D eigenvalue weighted by molar-refractivity contribution is 9.10. The number of rotatable bonds is 2. The van der Waals surface area contributed by atoms with Crippen LogP contribution in [0.4, 0.5) is 5.69 Å². The molecule has 0 saturated heterocycles. The fraction of sp³-hybridized carbons (Fsp3) is 0. The lowest BCUT2D eigenvalue weighted by molar-refractivity contribution is 0.102. The van der Waals surface area contributed by atoms with Crippen molar-refractivity contribution >= 4 is 38.6 Å². The molecular weight excluding hydrogens is 326 g/mol. The Hall–Kier alpha value is -2.41. The lowest BCUT2D eigenvalue weighted by Gasteiger charge is -2.05. The Kier molecular flexibility index (Phi) is 3.11. The number of pyridine rings is 1. The SMILES string of the molecule is O=C(Nc1ccc2oc(=O)[nH]c2c1)c1cncc(Br)c1. The number of hydrogen-bond acceptors (Lipinski definition) is 4. The number of aromatic nitrogens is 2. The maximum atomic E-state index is 12.0. The van der Waals surface area contributed by atoms with E-state index in [0.29, 0.717) is 22.4 Å². The number of oxazole rings is 1. The molecule has 1 aromatic carbocycles. The van der Waals surface area contributed by atoms with Gasteiger partial charge in [0.1, 0.15) is 0 Å². The van der Waals surface area contributed by atoms with Crippen molar-refractivity contribution in [1.82, 2.24) is 9.97 Å². The van der Waals surface area contributed by atoms with Crippen LogP contribution in [0.5, 0.6) is 0 Å². The Morgan fingerprint density at radius 3 is 2.95 bits per heavy atom. The van der Waals surface area contributed by atoms with Crippen LogP contribution in [0.25, 0.3) is 11.1 Å². The highest BCUT2D eigenvalue weighted by Crippen LogP contribution is 2.17. The van der Waals surface area contributed by atoms with E-state index >= 15 is 0 Å². The third kappa shape index (κ3) is 2.48. The van der Waals surface area contributed by atoms with Crippen LogP contribution in [0.15, 0.2) is 50.3 Å². The molecule has 20 heavy (non-hydrogen) atoms. The van der Waals surface area contributed by atoms with E-state index in [0.717, 1.165) is 4.47 Å². The quantitative estimate of drug-likeness (QED) is 0.754. The molecule has 6 nitrogen and oxygen atoms in total. The van der Waals surface area contributed by atoms with Crippen molar-refractivity contribution < 1.29 is 9.21 Å². The van der Waals surface area contributed by atoms with Crippen molar-refractivity contribution in [3.8, 4) is 0 Å². The zero-order valence-corrected chi connectivity index (χ0v) is 11.6. The molecule has 2 N–H and O–H groups in total. The van der Waals surface area contributed by atoms with E-state index in [1.54, 1.807) is 30.5 Å². The van der Waals surface area contributed by atoms with Crippen LogP contribution in [0.2, 0.25) is 0 Å². The van der Waals surface area contributed by atoms with Gasteiger partial charge in [-0.1, -0.05) is 0 Å². The molecule has 0 unspecified atom stereocenters. The van der Waals surface area contributed by atoms with Crippen molar-refractivity contribution in [1.29, 1.82) is 0 Å². The molecule has 3 rings (SSSR count). The van der Waals surface area contributed by atoms with E-state index in [1.807, 2.05) is 0 Å². The first-order valence-electron chi connectivity index (χ1n) is 5.66. The van der Waals surface area contributed by atoms with Gasteiger partial charge in [0.05, 0.1) is 11.1 Å². The second-order valence-corrected chi connectivity index (χ2v) is 4.99. The van der Waals surface area contributed by atoms with Gasteiger partial charge in [0, 0.05) is 22.6 Å². The van der Waals surface area contributed by atoms with Gasteiger partial charge >= 0.3 is 5.76 Å². The first kappa shape index (κ1) is 12.6. The number of hydrogen-bond donors (Lipinski definition) is 2. The second-order valence-electron chi connectivity index (χ2n) is 4.07. The normalized spacial score (nSPS) is 10.7. The molecule has 2 aromatic heterocycles. The maximum Gasteiger partial charge on any atom is 0.417 e. The largest absolute Gasteiger partial charge is 0.417 e. The molecule has 0 aliphatic rings. The van der Waals surface area contributed by atoms with Gasteiger partial charge in [0.25, 0.3) is 5.91 Å². The summed E-state index contributed by atoms with van der Waals surface area (Å²) < 4.78 is 5.61. The number of aromatic amines is 1. The molecule has 0 saturated carbocycles. The molecule has 2 heterocycles. The fourth-order valence-electron chi connectivity index (χ4n) is 1.77. The summed E-state index contributed by atoms with van der Waals surface area (Å²) in [7, 11) is 0. The van der Waals surface area contributed by atoms with Crippen LogP contribution in [-0.4, -0.2) is 15.9 Å². The molecule has 0 aliphatic heterocycles. The van der Waals surface area contributed by atoms with Crippen molar-refractivity contribution in [2.24, 2.45) is 0 Å². The molecule has 7 heteroatoms. The average molecular weight is 334 g/mol. The Morgan fingerprint density at radius 2 is 2.15 bits per heavy atom. The maximum absolute atomic E-state index is 12.0. The first-order valence-corrected chi connectivity index (χ1v) is 6.46. The van der Waals surface area contributed by atoms with Crippen molar-refractivity contribution in [3.63, 3.8) is 0 Å². The Morgan fingerprint density at radius 1 is 1.30 bits per heavy atom. The van der Waals surface area contributed by atoms with Crippen molar-refractivity contribution in [2.45, 2.75) is 0 Å². The lowest BCUT2D eigenvalue weighted by atomic mass is 10.2. The third-order valence-electron chi connectivity index (χ3n) is 2.64. The smallest absolute Gasteiger partial charge is 0.408 e. The van der Waals surface area contributed by atoms with E-state index in [-0.39, 0.29) is 5.91 Å². The minimum absolute atomic E-state index is 0.288. The number of carbonyl (C=O) groups excluding carboxylic acids is 1. The second kappa shape index (κ2) is 4.93. The summed E-state index contributed by atoms with van der Waals surface area (Å²) in [6, 6.07) is 6.56. The van der Waals surface area contributed by atoms with Gasteiger partial charge in [-0.25, -0.2) is 4.79 Å². The number of halogens is 1. The minimum Gasteiger partial charge on any atom is -0.408 e. The van der Waals surface area contributed by atoms with E-state index in [1.165, 1.54) is 6.20 Å². The number of benzene rings is 1. The van der Waals surface area contributed by atoms with Gasteiger partial charge in [-0.3, -0.25) is 14.8 Å². The van der Waals surface area contributed by atoms with E-state index < -0.39 is 5.76 Å². The molecule has 0 spiro atoms. The highest BCUT2D eigenvalue weighted by Gasteiger charge is 2.08. The summed E-state index contributed by atoms with van der Waals surface area (Å²) in [5.74, 6) is -0.816. The number of fused-ring (bicyclic) bond motifs is 1. The highest BCUT2D eigenvalue weighted by atomic mass is 79.9. The lowest BCUT2D eigenvalue weighted by Crippen LogP contribution is -2.12. The number of nitrogens with one attached hydrogen (secondary N) is 2. The first-order chi connectivity index (χ1) is 9.61. The Labute approximate surface area is 121 Å². The van der Waals surface area contributed by atoms with E-state index in [9.17, 15) is 9.59 Å². The van der Waals surface area contributed by atoms with Gasteiger partial charge < -0.3 is 9.73 Å². The van der Waals surface area contributed by atoms with Crippen LogP contribution in [-0.2, 0) is 0 Å². The predicted octanol–water partition coefficient (Wildman–Crippen LogP) is 2.53. The average Bonchev–Trinajstić information content (AvgIpc) is 2.78. The molecule has 1 amide bonds. The van der Waals surface area contributed by atoms with Crippen molar-refractivity contribution in [3.05, 3.63) is 57.2 Å². The van der Waals surface area contributed by atoms with Crippen LogP contribution < -0.4 is 11.1 Å². The minimum atomic E-state index is -0.528. The van der Waals surface area contributed by atoms with Gasteiger partial charge in [-0.2, -0.15) is 0 Å². The molecule has 100 valence electrons. The van der Waals surface area contributed by atoms with E-state index in [4.69, 9.17) is 4.42 Å². The molecule has 0 fully saturated rings. The summed E-state index contributed by atoms with van der Waals surface area (Å²) in [6.45, 7) is 0. The molecule has 0 atom stereocenters. The van der Waals surface area contributed by atoms with Crippen molar-refractivity contribution in [2.75, 3.05) is 5.32 Å². The predicted molar refractivity (Wildman–Crippen MR) is 76.7 cm³/mol. The zero-order chi connectivity index (χ0) is 14.1. The summed E-state index contributed by atoms with van der Waals surface area (Å²) in [6.07, 6.45) is 3.07. The number of carbonyl (C=O) groups is 1.